The minimum absolute atomic E-state index is 0.249. The first-order chi connectivity index (χ1) is 8.38. The third-order valence-electron chi connectivity index (χ3n) is 3.42. The Kier molecular flexibility index (Phi) is 4.61. The summed E-state index contributed by atoms with van der Waals surface area (Å²) in [6.07, 6.45) is 0. The van der Waals surface area contributed by atoms with Crippen LogP contribution < -0.4 is 10.1 Å². The molecule has 0 aromatic heterocycles. The van der Waals surface area contributed by atoms with Gasteiger partial charge in [0.05, 0.1) is 18.4 Å². The summed E-state index contributed by atoms with van der Waals surface area (Å²) in [5.74, 6) is 1.27. The van der Waals surface area contributed by atoms with E-state index in [2.05, 4.69) is 39.1 Å². The Morgan fingerprint density at radius 2 is 2.06 bits per heavy atom. The minimum Gasteiger partial charge on any atom is -0.497 e. The lowest BCUT2D eigenvalue weighted by Crippen LogP contribution is -2.25. The fourth-order valence-electron chi connectivity index (χ4n) is 1.46. The predicted octanol–water partition coefficient (Wildman–Crippen LogP) is 3.66. The largest absolute Gasteiger partial charge is 0.497 e. The number of methoxy groups -OCH3 is 1. The van der Waals surface area contributed by atoms with E-state index in [9.17, 15) is 0 Å². The molecule has 3 heteroatoms. The van der Waals surface area contributed by atoms with Gasteiger partial charge in [0.25, 0.3) is 0 Å². The molecule has 18 heavy (non-hydrogen) atoms. The third kappa shape index (κ3) is 3.66. The molecule has 0 radical (unpaired) electrons. The normalized spacial score (nSPS) is 12.7. The van der Waals surface area contributed by atoms with Crippen LogP contribution in [-0.4, -0.2) is 13.7 Å². The van der Waals surface area contributed by atoms with Crippen molar-refractivity contribution in [1.29, 1.82) is 5.26 Å². The summed E-state index contributed by atoms with van der Waals surface area (Å²) in [6, 6.07) is 7.64. The maximum Gasteiger partial charge on any atom is 0.121 e. The quantitative estimate of drug-likeness (QED) is 0.881. The van der Waals surface area contributed by atoms with Crippen molar-refractivity contribution in [2.45, 2.75) is 27.7 Å². The van der Waals surface area contributed by atoms with Gasteiger partial charge in [0, 0.05) is 12.6 Å². The number of benzene rings is 1. The monoisotopic (exact) mass is 246 g/mol. The Labute approximate surface area is 110 Å². The topological polar surface area (TPSA) is 45.0 Å². The number of nitrogens with zero attached hydrogens (tertiary/aromatic N) is 1. The van der Waals surface area contributed by atoms with E-state index in [0.29, 0.717) is 11.5 Å². The van der Waals surface area contributed by atoms with Crippen molar-refractivity contribution in [3.05, 3.63) is 23.8 Å². The van der Waals surface area contributed by atoms with E-state index in [4.69, 9.17) is 10.00 Å². The van der Waals surface area contributed by atoms with E-state index in [1.54, 1.807) is 19.2 Å². The second kappa shape index (κ2) is 5.77. The number of nitriles is 1. The number of nitrogens with one attached hydrogen (secondary N) is 1. The standard InChI is InChI=1S/C15H22N2O/c1-11(15(2,3)4)10-17-14-8-13(18-5)7-6-12(14)9-16/h6-8,11,17H,10H2,1-5H3. The molecule has 0 saturated carbocycles. The summed E-state index contributed by atoms with van der Waals surface area (Å²) in [7, 11) is 1.63. The first-order valence-corrected chi connectivity index (χ1v) is 6.20. The van der Waals surface area contributed by atoms with Crippen LogP contribution in [0, 0.1) is 22.7 Å². The van der Waals surface area contributed by atoms with Gasteiger partial charge in [-0.15, -0.1) is 0 Å². The van der Waals surface area contributed by atoms with Crippen molar-refractivity contribution in [2.24, 2.45) is 11.3 Å². The maximum atomic E-state index is 9.08. The summed E-state index contributed by atoms with van der Waals surface area (Å²) >= 11 is 0. The Balaban J connectivity index is 2.81. The molecule has 1 aromatic carbocycles. The SMILES string of the molecule is COc1ccc(C#N)c(NCC(C)C(C)(C)C)c1. The number of hydrogen-bond donors (Lipinski definition) is 1. The summed E-state index contributed by atoms with van der Waals surface area (Å²) < 4.78 is 5.18. The summed E-state index contributed by atoms with van der Waals surface area (Å²) in [5, 5.41) is 12.4. The molecule has 0 heterocycles. The molecule has 0 spiro atoms. The smallest absolute Gasteiger partial charge is 0.121 e. The number of ether oxygens (including phenoxy) is 1. The molecule has 0 aliphatic rings. The van der Waals surface area contributed by atoms with Gasteiger partial charge in [-0.1, -0.05) is 27.7 Å². The van der Waals surface area contributed by atoms with E-state index in [1.807, 2.05) is 6.07 Å². The second-order valence-electron chi connectivity index (χ2n) is 5.67. The molecule has 0 aliphatic heterocycles. The van der Waals surface area contributed by atoms with Crippen molar-refractivity contribution in [3.8, 4) is 11.8 Å². The average molecular weight is 246 g/mol. The zero-order valence-electron chi connectivity index (χ0n) is 11.9. The van der Waals surface area contributed by atoms with Gasteiger partial charge in [0.1, 0.15) is 11.8 Å². The Morgan fingerprint density at radius 1 is 1.39 bits per heavy atom. The lowest BCUT2D eigenvalue weighted by atomic mass is 9.82. The highest BCUT2D eigenvalue weighted by Crippen LogP contribution is 2.27. The van der Waals surface area contributed by atoms with Gasteiger partial charge in [-0.3, -0.25) is 0 Å². The van der Waals surface area contributed by atoms with Crippen LogP contribution in [0.15, 0.2) is 18.2 Å². The Hall–Kier alpha value is -1.69. The molecule has 0 saturated heterocycles. The molecule has 1 rings (SSSR count). The van der Waals surface area contributed by atoms with Gasteiger partial charge in [-0.25, -0.2) is 0 Å². The Morgan fingerprint density at radius 3 is 2.56 bits per heavy atom. The first-order valence-electron chi connectivity index (χ1n) is 6.20. The van der Waals surface area contributed by atoms with Crippen LogP contribution >= 0.6 is 0 Å². The van der Waals surface area contributed by atoms with E-state index in [-0.39, 0.29) is 5.41 Å². The molecule has 1 atom stereocenters. The molecule has 0 bridgehead atoms. The van der Waals surface area contributed by atoms with Gasteiger partial charge in [-0.05, 0) is 23.5 Å². The molecular weight excluding hydrogens is 224 g/mol. The van der Waals surface area contributed by atoms with Crippen LogP contribution in [0.25, 0.3) is 0 Å². The highest BCUT2D eigenvalue weighted by molar-refractivity contribution is 5.60. The summed E-state index contributed by atoms with van der Waals surface area (Å²) in [4.78, 5) is 0. The van der Waals surface area contributed by atoms with Gasteiger partial charge >= 0.3 is 0 Å². The van der Waals surface area contributed by atoms with E-state index < -0.39 is 0 Å². The van der Waals surface area contributed by atoms with Crippen LogP contribution in [0.4, 0.5) is 5.69 Å². The number of rotatable bonds is 4. The number of anilines is 1. The van der Waals surface area contributed by atoms with Crippen LogP contribution in [0.1, 0.15) is 33.3 Å². The molecule has 98 valence electrons. The van der Waals surface area contributed by atoms with Crippen molar-refractivity contribution in [2.75, 3.05) is 19.0 Å². The molecule has 1 N–H and O–H groups in total. The zero-order chi connectivity index (χ0) is 13.8. The zero-order valence-corrected chi connectivity index (χ0v) is 11.9. The molecule has 0 amide bonds. The van der Waals surface area contributed by atoms with E-state index in [0.717, 1.165) is 18.0 Å². The third-order valence-corrected chi connectivity index (χ3v) is 3.42. The molecule has 1 aromatic rings. The second-order valence-corrected chi connectivity index (χ2v) is 5.67. The summed E-state index contributed by atoms with van der Waals surface area (Å²) in [6.45, 7) is 9.70. The van der Waals surface area contributed by atoms with Gasteiger partial charge in [0.15, 0.2) is 0 Å². The first kappa shape index (κ1) is 14.4. The van der Waals surface area contributed by atoms with E-state index in [1.165, 1.54) is 0 Å². The fourth-order valence-corrected chi connectivity index (χ4v) is 1.46. The van der Waals surface area contributed by atoms with Crippen molar-refractivity contribution in [3.63, 3.8) is 0 Å². The van der Waals surface area contributed by atoms with Crippen molar-refractivity contribution >= 4 is 5.69 Å². The molecule has 0 fully saturated rings. The number of hydrogen-bond acceptors (Lipinski definition) is 3. The van der Waals surface area contributed by atoms with Crippen LogP contribution in [0.5, 0.6) is 5.75 Å². The van der Waals surface area contributed by atoms with Crippen LogP contribution in [-0.2, 0) is 0 Å². The average Bonchev–Trinajstić information content (AvgIpc) is 2.34. The van der Waals surface area contributed by atoms with Gasteiger partial charge < -0.3 is 10.1 Å². The van der Waals surface area contributed by atoms with E-state index >= 15 is 0 Å². The highest BCUT2D eigenvalue weighted by atomic mass is 16.5. The highest BCUT2D eigenvalue weighted by Gasteiger charge is 2.19. The molecule has 1 unspecified atom stereocenters. The van der Waals surface area contributed by atoms with Gasteiger partial charge in [-0.2, -0.15) is 5.26 Å². The lowest BCUT2D eigenvalue weighted by Gasteiger charge is -2.28. The molecular formula is C15H22N2O. The fraction of sp³-hybridized carbons (Fsp3) is 0.533. The maximum absolute atomic E-state index is 9.08. The predicted molar refractivity (Wildman–Crippen MR) is 74.8 cm³/mol. The van der Waals surface area contributed by atoms with Crippen LogP contribution in [0.2, 0.25) is 0 Å². The Bertz CT molecular complexity index is 441. The van der Waals surface area contributed by atoms with Gasteiger partial charge in [0.2, 0.25) is 0 Å². The minimum atomic E-state index is 0.249. The van der Waals surface area contributed by atoms with Crippen LogP contribution in [0.3, 0.4) is 0 Å². The molecule has 0 aliphatic carbocycles. The van der Waals surface area contributed by atoms with Crippen molar-refractivity contribution < 1.29 is 4.74 Å². The molecule has 3 nitrogen and oxygen atoms in total. The lowest BCUT2D eigenvalue weighted by molar-refractivity contribution is 0.274. The van der Waals surface area contributed by atoms with Crippen molar-refractivity contribution in [1.82, 2.24) is 0 Å². The summed E-state index contributed by atoms with van der Waals surface area (Å²) in [5.41, 5.74) is 1.74.